The smallest absolute Gasteiger partial charge is 0.0777 e. The van der Waals surface area contributed by atoms with Crippen LogP contribution in [0.3, 0.4) is 0 Å². The van der Waals surface area contributed by atoms with Gasteiger partial charge in [-0.05, 0) is 60.7 Å². The fourth-order valence-corrected chi connectivity index (χ4v) is 4.52. The summed E-state index contributed by atoms with van der Waals surface area (Å²) in [6, 6.07) is 17.0. The first-order valence-electron chi connectivity index (χ1n) is 10.8. The number of hydrogen-bond acceptors (Lipinski definition) is 6. The number of rotatable bonds is 4. The van der Waals surface area contributed by atoms with Crippen molar-refractivity contribution in [1.29, 1.82) is 5.26 Å². The van der Waals surface area contributed by atoms with Crippen molar-refractivity contribution in [2.24, 2.45) is 11.6 Å². The van der Waals surface area contributed by atoms with Gasteiger partial charge >= 0.3 is 0 Å². The molecule has 31 heavy (non-hydrogen) atoms. The van der Waals surface area contributed by atoms with Crippen molar-refractivity contribution in [3.63, 3.8) is 0 Å². The number of benzene rings is 2. The van der Waals surface area contributed by atoms with Crippen molar-refractivity contribution in [3.05, 3.63) is 76.5 Å². The molecule has 0 saturated carbocycles. The van der Waals surface area contributed by atoms with Crippen LogP contribution in [0.1, 0.15) is 48.1 Å². The molecular formula is C25H30N6. The van der Waals surface area contributed by atoms with Crippen molar-refractivity contribution >= 4 is 17.0 Å². The molecule has 0 aromatic heterocycles. The zero-order chi connectivity index (χ0) is 21.8. The van der Waals surface area contributed by atoms with Crippen LogP contribution in [0.2, 0.25) is 0 Å². The van der Waals surface area contributed by atoms with Crippen molar-refractivity contribution in [1.82, 2.24) is 10.3 Å². The second-order valence-electron chi connectivity index (χ2n) is 8.19. The molecule has 6 N–H and O–H groups in total. The Morgan fingerprint density at radius 2 is 2.13 bits per heavy atom. The van der Waals surface area contributed by atoms with Crippen LogP contribution < -0.4 is 22.2 Å². The van der Waals surface area contributed by atoms with Gasteiger partial charge in [-0.25, -0.2) is 5.84 Å². The van der Waals surface area contributed by atoms with E-state index in [9.17, 15) is 5.26 Å². The van der Waals surface area contributed by atoms with Gasteiger partial charge in [0.05, 0.1) is 24.2 Å². The normalized spacial score (nSPS) is 20.2. The van der Waals surface area contributed by atoms with Crippen molar-refractivity contribution in [2.45, 2.75) is 32.2 Å². The summed E-state index contributed by atoms with van der Waals surface area (Å²) in [5.74, 6) is 6.41. The molecule has 160 valence electrons. The standard InChI is InChI=1S/C25H30N6/c1-17(27)25-21-7-6-20(18-9-13-29-14-10-18)16-22(21)24(11-15-31(25)28)30-23-5-3-2-4-19(23)8-12-26/h2-7,9,16,24,29-30H,8,10-11,13-15,27-28H2,1H3/b25-17-. The molecule has 0 radical (unpaired) electrons. The Kier molecular flexibility index (Phi) is 6.26. The van der Waals surface area contributed by atoms with E-state index in [2.05, 4.69) is 41.0 Å². The Morgan fingerprint density at radius 3 is 2.87 bits per heavy atom. The van der Waals surface area contributed by atoms with E-state index in [4.69, 9.17) is 11.6 Å². The van der Waals surface area contributed by atoms with E-state index in [-0.39, 0.29) is 6.04 Å². The number of hydrazine groups is 1. The molecule has 2 aromatic rings. The Morgan fingerprint density at radius 1 is 1.29 bits per heavy atom. The molecule has 0 amide bonds. The van der Waals surface area contributed by atoms with E-state index in [0.717, 1.165) is 48.4 Å². The van der Waals surface area contributed by atoms with Gasteiger partial charge in [-0.2, -0.15) is 5.26 Å². The number of allylic oxidation sites excluding steroid dienone is 1. The van der Waals surface area contributed by atoms with Gasteiger partial charge in [0, 0.05) is 30.0 Å². The fraction of sp³-hybridized carbons (Fsp3) is 0.320. The number of hydrogen-bond donors (Lipinski definition) is 4. The summed E-state index contributed by atoms with van der Waals surface area (Å²) in [4.78, 5) is 0. The maximum absolute atomic E-state index is 9.23. The lowest BCUT2D eigenvalue weighted by Gasteiger charge is -2.24. The van der Waals surface area contributed by atoms with Crippen LogP contribution >= 0.6 is 0 Å². The third-order valence-corrected chi connectivity index (χ3v) is 6.05. The summed E-state index contributed by atoms with van der Waals surface area (Å²) in [6.07, 6.45) is 4.49. The molecule has 2 aliphatic rings. The summed E-state index contributed by atoms with van der Waals surface area (Å²) in [5.41, 5.74) is 14.7. The van der Waals surface area contributed by atoms with E-state index in [1.54, 1.807) is 5.01 Å². The maximum atomic E-state index is 9.23. The highest BCUT2D eigenvalue weighted by atomic mass is 15.4. The molecule has 0 saturated heterocycles. The zero-order valence-corrected chi connectivity index (χ0v) is 18.0. The molecule has 2 aliphatic heterocycles. The molecule has 0 aliphatic carbocycles. The molecule has 6 nitrogen and oxygen atoms in total. The molecule has 0 bridgehead atoms. The molecular weight excluding hydrogens is 384 g/mol. The molecule has 4 rings (SSSR count). The Labute approximate surface area is 184 Å². The van der Waals surface area contributed by atoms with E-state index in [0.29, 0.717) is 18.7 Å². The number of nitrogens with two attached hydrogens (primary N) is 2. The molecule has 0 spiro atoms. The van der Waals surface area contributed by atoms with Gasteiger partial charge in [-0.3, -0.25) is 0 Å². The number of nitrogens with one attached hydrogen (secondary N) is 2. The predicted molar refractivity (Wildman–Crippen MR) is 126 cm³/mol. The monoisotopic (exact) mass is 414 g/mol. The quantitative estimate of drug-likeness (QED) is 0.571. The lowest BCUT2D eigenvalue weighted by molar-refractivity contribution is 0.402. The highest BCUT2D eigenvalue weighted by molar-refractivity contribution is 5.75. The van der Waals surface area contributed by atoms with E-state index >= 15 is 0 Å². The lowest BCUT2D eigenvalue weighted by Crippen LogP contribution is -2.31. The van der Waals surface area contributed by atoms with Gasteiger partial charge in [-0.1, -0.05) is 36.4 Å². The average molecular weight is 415 g/mol. The summed E-state index contributed by atoms with van der Waals surface area (Å²) in [5, 5.41) is 18.1. The zero-order valence-electron chi connectivity index (χ0n) is 18.0. The van der Waals surface area contributed by atoms with Crippen molar-refractivity contribution in [2.75, 3.05) is 25.0 Å². The first-order valence-corrected chi connectivity index (χ1v) is 10.8. The van der Waals surface area contributed by atoms with Gasteiger partial charge in [0.2, 0.25) is 0 Å². The van der Waals surface area contributed by atoms with Crippen LogP contribution in [0, 0.1) is 11.3 Å². The molecule has 2 aromatic carbocycles. The number of fused-ring (bicyclic) bond motifs is 1. The summed E-state index contributed by atoms with van der Waals surface area (Å²) in [6.45, 7) is 4.48. The first kappa shape index (κ1) is 21.0. The summed E-state index contributed by atoms with van der Waals surface area (Å²) < 4.78 is 0. The predicted octanol–water partition coefficient (Wildman–Crippen LogP) is 3.51. The minimum atomic E-state index is 0.0556. The van der Waals surface area contributed by atoms with Gasteiger partial charge in [-0.15, -0.1) is 0 Å². The fourth-order valence-electron chi connectivity index (χ4n) is 4.52. The summed E-state index contributed by atoms with van der Waals surface area (Å²) in [7, 11) is 0. The van der Waals surface area contributed by atoms with E-state index in [1.165, 1.54) is 16.7 Å². The van der Waals surface area contributed by atoms with Crippen LogP contribution in [0.4, 0.5) is 5.69 Å². The minimum Gasteiger partial charge on any atom is -0.401 e. The van der Waals surface area contributed by atoms with Crippen molar-refractivity contribution < 1.29 is 0 Å². The minimum absolute atomic E-state index is 0.0556. The Balaban J connectivity index is 1.80. The van der Waals surface area contributed by atoms with Crippen LogP contribution in [-0.2, 0) is 6.42 Å². The number of nitriles is 1. The number of nitrogens with zero attached hydrogens (tertiary/aromatic N) is 2. The lowest BCUT2D eigenvalue weighted by atomic mass is 9.90. The van der Waals surface area contributed by atoms with Gasteiger partial charge in [0.15, 0.2) is 0 Å². The van der Waals surface area contributed by atoms with Crippen LogP contribution in [0.5, 0.6) is 0 Å². The third kappa shape index (κ3) is 4.43. The molecule has 2 heterocycles. The second-order valence-corrected chi connectivity index (χ2v) is 8.19. The third-order valence-electron chi connectivity index (χ3n) is 6.05. The first-order chi connectivity index (χ1) is 15.1. The SMILES string of the molecule is C/C(N)=C1\c2ccc(C3=CCNCC3)cc2C(Nc2ccccc2CC#N)CCN1N. The maximum Gasteiger partial charge on any atom is 0.0777 e. The van der Waals surface area contributed by atoms with E-state index in [1.807, 2.05) is 31.2 Å². The van der Waals surface area contributed by atoms with Crippen LogP contribution in [0.15, 0.2) is 54.2 Å². The average Bonchev–Trinajstić information content (AvgIpc) is 2.92. The van der Waals surface area contributed by atoms with Gasteiger partial charge < -0.3 is 21.4 Å². The topological polar surface area (TPSA) is 103 Å². The molecule has 1 unspecified atom stereocenters. The van der Waals surface area contributed by atoms with Crippen LogP contribution in [-0.4, -0.2) is 24.6 Å². The van der Waals surface area contributed by atoms with Crippen molar-refractivity contribution in [3.8, 4) is 6.07 Å². The molecule has 6 heteroatoms. The highest BCUT2D eigenvalue weighted by Gasteiger charge is 2.26. The van der Waals surface area contributed by atoms with Gasteiger partial charge in [0.25, 0.3) is 0 Å². The molecule has 1 atom stereocenters. The molecule has 0 fully saturated rings. The Hall–Kier alpha value is -3.27. The highest BCUT2D eigenvalue weighted by Crippen LogP contribution is 2.37. The second kappa shape index (κ2) is 9.25. The summed E-state index contributed by atoms with van der Waals surface area (Å²) >= 11 is 0. The largest absolute Gasteiger partial charge is 0.401 e. The van der Waals surface area contributed by atoms with Crippen LogP contribution in [0.25, 0.3) is 11.3 Å². The number of para-hydroxylation sites is 1. The van der Waals surface area contributed by atoms with Gasteiger partial charge in [0.1, 0.15) is 0 Å². The Bertz CT molecular complexity index is 1060. The number of anilines is 1. The van der Waals surface area contributed by atoms with E-state index < -0.39 is 0 Å².